The molecule has 192 valence electrons. The Balaban J connectivity index is 1.32. The fourth-order valence-electron chi connectivity index (χ4n) is 5.29. The molecule has 0 bridgehead atoms. The molecule has 1 aliphatic heterocycles. The molecule has 1 aliphatic rings. The van der Waals surface area contributed by atoms with Crippen molar-refractivity contribution in [2.45, 2.75) is 38.3 Å². The molecular formula is C29H35FN2O4. The standard InChI is InChI=1S/C29H35FN2O4/c1-35-22-7-3-5-20(17-22)6-4-15-32-16-13-21(26(19-32)29(33)34)8-10-27(30)24-12-14-31-28-11-9-23(36-2)18-25(24)28/h3,5,7,9,11-12,14,17-18,21,26-27H,4,6,8,10,13,15-16,19H2,1-2H3,(H,33,34)/t21-,26+,27?/m1/s1. The van der Waals surface area contributed by atoms with E-state index in [-0.39, 0.29) is 5.92 Å². The number of aryl methyl sites for hydroxylation is 1. The Kier molecular flexibility index (Phi) is 8.75. The van der Waals surface area contributed by atoms with E-state index in [0.29, 0.717) is 30.7 Å². The number of benzene rings is 2. The van der Waals surface area contributed by atoms with E-state index in [9.17, 15) is 9.90 Å². The van der Waals surface area contributed by atoms with Gasteiger partial charge in [-0.05, 0) is 98.6 Å². The van der Waals surface area contributed by atoms with Gasteiger partial charge in [0.1, 0.15) is 17.7 Å². The molecule has 3 atom stereocenters. The minimum Gasteiger partial charge on any atom is -0.497 e. The molecule has 2 heterocycles. The van der Waals surface area contributed by atoms with E-state index in [4.69, 9.17) is 9.47 Å². The van der Waals surface area contributed by atoms with Crippen molar-refractivity contribution in [1.82, 2.24) is 9.88 Å². The molecule has 36 heavy (non-hydrogen) atoms. The van der Waals surface area contributed by atoms with Gasteiger partial charge in [0.2, 0.25) is 0 Å². The second-order valence-corrected chi connectivity index (χ2v) is 9.58. The van der Waals surface area contributed by atoms with Crippen molar-refractivity contribution in [3.63, 3.8) is 0 Å². The van der Waals surface area contributed by atoms with Gasteiger partial charge in [0.05, 0.1) is 25.7 Å². The first-order valence-corrected chi connectivity index (χ1v) is 12.6. The van der Waals surface area contributed by atoms with Crippen LogP contribution in [0.4, 0.5) is 4.39 Å². The Labute approximate surface area is 212 Å². The first kappa shape index (κ1) is 25.9. The monoisotopic (exact) mass is 494 g/mol. The van der Waals surface area contributed by atoms with Crippen LogP contribution in [-0.4, -0.2) is 54.8 Å². The van der Waals surface area contributed by atoms with Crippen molar-refractivity contribution in [2.75, 3.05) is 33.9 Å². The summed E-state index contributed by atoms with van der Waals surface area (Å²) < 4.78 is 26.0. The van der Waals surface area contributed by atoms with Crippen molar-refractivity contribution >= 4 is 16.9 Å². The van der Waals surface area contributed by atoms with Crippen LogP contribution in [0.5, 0.6) is 11.5 Å². The molecule has 3 aromatic rings. The lowest BCUT2D eigenvalue weighted by atomic mass is 9.81. The molecule has 0 amide bonds. The van der Waals surface area contributed by atoms with Crippen molar-refractivity contribution in [2.24, 2.45) is 11.8 Å². The second-order valence-electron chi connectivity index (χ2n) is 9.58. The molecule has 1 fully saturated rings. The molecule has 1 unspecified atom stereocenters. The highest BCUT2D eigenvalue weighted by molar-refractivity contribution is 5.83. The molecule has 1 aromatic heterocycles. The highest BCUT2D eigenvalue weighted by Gasteiger charge is 2.34. The average molecular weight is 495 g/mol. The predicted octanol–water partition coefficient (Wildman–Crippen LogP) is 5.70. The molecule has 0 spiro atoms. The van der Waals surface area contributed by atoms with E-state index in [1.807, 2.05) is 36.4 Å². The van der Waals surface area contributed by atoms with Gasteiger partial charge >= 0.3 is 5.97 Å². The van der Waals surface area contributed by atoms with Crippen LogP contribution in [-0.2, 0) is 11.2 Å². The predicted molar refractivity (Wildman–Crippen MR) is 138 cm³/mol. The quantitative estimate of drug-likeness (QED) is 0.369. The third kappa shape index (κ3) is 6.32. The third-order valence-electron chi connectivity index (χ3n) is 7.34. The van der Waals surface area contributed by atoms with Crippen LogP contribution in [0.15, 0.2) is 54.7 Å². The number of likely N-dealkylation sites (tertiary alicyclic amines) is 1. The van der Waals surface area contributed by atoms with Crippen LogP contribution >= 0.6 is 0 Å². The zero-order chi connectivity index (χ0) is 25.5. The molecule has 6 nitrogen and oxygen atoms in total. The summed E-state index contributed by atoms with van der Waals surface area (Å²) in [4.78, 5) is 18.7. The number of halogens is 1. The number of alkyl halides is 1. The smallest absolute Gasteiger partial charge is 0.308 e. The molecule has 0 radical (unpaired) electrons. The van der Waals surface area contributed by atoms with E-state index in [0.717, 1.165) is 49.0 Å². The summed E-state index contributed by atoms with van der Waals surface area (Å²) in [5, 5.41) is 10.7. The van der Waals surface area contributed by atoms with Gasteiger partial charge < -0.3 is 19.5 Å². The van der Waals surface area contributed by atoms with Crippen LogP contribution < -0.4 is 9.47 Å². The lowest BCUT2D eigenvalue weighted by Gasteiger charge is -2.37. The lowest BCUT2D eigenvalue weighted by molar-refractivity contribution is -0.146. The second kappa shape index (κ2) is 12.2. The van der Waals surface area contributed by atoms with E-state index >= 15 is 4.39 Å². The van der Waals surface area contributed by atoms with Gasteiger partial charge in [-0.2, -0.15) is 0 Å². The van der Waals surface area contributed by atoms with E-state index in [1.54, 1.807) is 26.5 Å². The number of methoxy groups -OCH3 is 2. The summed E-state index contributed by atoms with van der Waals surface area (Å²) in [5.74, 6) is 0.222. The average Bonchev–Trinajstić information content (AvgIpc) is 2.91. The van der Waals surface area contributed by atoms with Gasteiger partial charge in [0, 0.05) is 18.1 Å². The number of hydrogen-bond donors (Lipinski definition) is 1. The number of carboxylic acid groups (broad SMARTS) is 1. The number of pyridine rings is 1. The molecule has 0 saturated carbocycles. The fourth-order valence-corrected chi connectivity index (χ4v) is 5.29. The first-order chi connectivity index (χ1) is 17.5. The number of ether oxygens (including phenoxy) is 2. The SMILES string of the molecule is COc1cccc(CCCN2CC[C@@H](CCC(F)c3ccnc4ccc(OC)cc34)[C@@H](C(=O)O)C2)c1. The lowest BCUT2D eigenvalue weighted by Crippen LogP contribution is -2.44. The van der Waals surface area contributed by atoms with Gasteiger partial charge in [-0.3, -0.25) is 9.78 Å². The summed E-state index contributed by atoms with van der Waals surface area (Å²) in [6.07, 6.45) is 3.93. The topological polar surface area (TPSA) is 71.9 Å². The number of aromatic nitrogens is 1. The fraction of sp³-hybridized carbons (Fsp3) is 0.448. The van der Waals surface area contributed by atoms with Gasteiger partial charge in [-0.1, -0.05) is 12.1 Å². The largest absolute Gasteiger partial charge is 0.497 e. The molecule has 4 rings (SSSR count). The minimum atomic E-state index is -1.18. The van der Waals surface area contributed by atoms with Crippen molar-refractivity contribution in [1.29, 1.82) is 0 Å². The molecule has 1 saturated heterocycles. The zero-order valence-electron chi connectivity index (χ0n) is 21.0. The number of carbonyl (C=O) groups is 1. The molecule has 1 N–H and O–H groups in total. The highest BCUT2D eigenvalue weighted by Crippen LogP contribution is 2.35. The van der Waals surface area contributed by atoms with Crippen LogP contribution in [0.3, 0.4) is 0 Å². The highest BCUT2D eigenvalue weighted by atomic mass is 19.1. The Morgan fingerprint density at radius 1 is 1.17 bits per heavy atom. The maximum Gasteiger partial charge on any atom is 0.308 e. The third-order valence-corrected chi connectivity index (χ3v) is 7.34. The Bertz CT molecular complexity index is 1170. The van der Waals surface area contributed by atoms with Gasteiger partial charge in [0.25, 0.3) is 0 Å². The van der Waals surface area contributed by atoms with Crippen LogP contribution in [0.2, 0.25) is 0 Å². The number of hydrogen-bond acceptors (Lipinski definition) is 5. The summed E-state index contributed by atoms with van der Waals surface area (Å²) in [5.41, 5.74) is 2.52. The molecule has 2 aromatic carbocycles. The summed E-state index contributed by atoms with van der Waals surface area (Å²) in [6.45, 7) is 2.22. The number of rotatable bonds is 11. The van der Waals surface area contributed by atoms with Crippen LogP contribution in [0, 0.1) is 11.8 Å². The van der Waals surface area contributed by atoms with E-state index in [1.165, 1.54) is 5.56 Å². The summed E-state index contributed by atoms with van der Waals surface area (Å²) in [6, 6.07) is 15.2. The van der Waals surface area contributed by atoms with E-state index < -0.39 is 18.1 Å². The summed E-state index contributed by atoms with van der Waals surface area (Å²) >= 11 is 0. The van der Waals surface area contributed by atoms with Crippen molar-refractivity contribution < 1.29 is 23.8 Å². The summed E-state index contributed by atoms with van der Waals surface area (Å²) in [7, 11) is 3.25. The van der Waals surface area contributed by atoms with Crippen molar-refractivity contribution in [3.8, 4) is 11.5 Å². The number of fused-ring (bicyclic) bond motifs is 1. The molecule has 0 aliphatic carbocycles. The van der Waals surface area contributed by atoms with Crippen molar-refractivity contribution in [3.05, 3.63) is 65.9 Å². The van der Waals surface area contributed by atoms with Crippen LogP contribution in [0.25, 0.3) is 10.9 Å². The Morgan fingerprint density at radius 3 is 2.75 bits per heavy atom. The van der Waals surface area contributed by atoms with Gasteiger partial charge in [-0.25, -0.2) is 4.39 Å². The molecular weight excluding hydrogens is 459 g/mol. The number of carboxylic acids is 1. The Morgan fingerprint density at radius 2 is 1.97 bits per heavy atom. The number of piperidine rings is 1. The first-order valence-electron chi connectivity index (χ1n) is 12.6. The van der Waals surface area contributed by atoms with Gasteiger partial charge in [0.15, 0.2) is 0 Å². The zero-order valence-corrected chi connectivity index (χ0v) is 21.0. The van der Waals surface area contributed by atoms with E-state index in [2.05, 4.69) is 16.0 Å². The maximum absolute atomic E-state index is 15.4. The maximum atomic E-state index is 15.4. The number of aliphatic carboxylic acids is 1. The number of nitrogens with zero attached hydrogens (tertiary/aromatic N) is 2. The van der Waals surface area contributed by atoms with Gasteiger partial charge in [-0.15, -0.1) is 0 Å². The van der Waals surface area contributed by atoms with Crippen LogP contribution in [0.1, 0.15) is 43.0 Å². The molecule has 7 heteroatoms. The normalized spacial score (nSPS) is 19.2. The minimum absolute atomic E-state index is 0.0296. The Hall–Kier alpha value is -3.19.